The number of hydrogen-bond acceptors (Lipinski definition) is 3. The third-order valence-corrected chi connectivity index (χ3v) is 3.44. The molecule has 1 aromatic heterocycles. The summed E-state index contributed by atoms with van der Waals surface area (Å²) in [5.41, 5.74) is 2.01. The van der Waals surface area contributed by atoms with Crippen LogP contribution >= 0.6 is 11.6 Å². The van der Waals surface area contributed by atoms with E-state index in [1.165, 1.54) is 12.3 Å². The quantitative estimate of drug-likeness (QED) is 0.883. The van der Waals surface area contributed by atoms with Crippen molar-refractivity contribution in [1.29, 1.82) is 0 Å². The lowest BCUT2D eigenvalue weighted by Crippen LogP contribution is -2.33. The fourth-order valence-electron chi connectivity index (χ4n) is 1.96. The Balaban J connectivity index is 1.90. The molecule has 2 amide bonds. The van der Waals surface area contributed by atoms with Gasteiger partial charge in [-0.3, -0.25) is 14.6 Å². The highest BCUT2D eigenvalue weighted by Gasteiger charge is 2.10. The van der Waals surface area contributed by atoms with Crippen molar-refractivity contribution in [3.05, 3.63) is 58.9 Å². The maximum atomic E-state index is 11.9. The Morgan fingerprint density at radius 3 is 2.70 bits per heavy atom. The van der Waals surface area contributed by atoms with Crippen molar-refractivity contribution in [1.82, 2.24) is 10.3 Å². The van der Waals surface area contributed by atoms with Gasteiger partial charge in [-0.15, -0.1) is 0 Å². The lowest BCUT2D eigenvalue weighted by molar-refractivity contribution is -0.115. The van der Waals surface area contributed by atoms with Crippen molar-refractivity contribution in [2.75, 3.05) is 11.9 Å². The van der Waals surface area contributed by atoms with Gasteiger partial charge in [0.05, 0.1) is 6.54 Å². The minimum Gasteiger partial charge on any atom is -0.342 e. The van der Waals surface area contributed by atoms with E-state index in [0.29, 0.717) is 16.6 Å². The minimum atomic E-state index is -0.446. The first-order valence-corrected chi connectivity index (χ1v) is 7.63. The first kappa shape index (κ1) is 17.0. The molecule has 2 N–H and O–H groups in total. The van der Waals surface area contributed by atoms with E-state index in [2.05, 4.69) is 29.5 Å². The molecule has 1 aromatic carbocycles. The number of anilines is 1. The van der Waals surface area contributed by atoms with Crippen molar-refractivity contribution in [3.63, 3.8) is 0 Å². The topological polar surface area (TPSA) is 71.1 Å². The number of nitrogens with zero attached hydrogens (tertiary/aromatic N) is 1. The number of pyridine rings is 1. The van der Waals surface area contributed by atoms with Gasteiger partial charge in [-0.25, -0.2) is 0 Å². The van der Waals surface area contributed by atoms with Gasteiger partial charge >= 0.3 is 0 Å². The van der Waals surface area contributed by atoms with E-state index in [1.807, 2.05) is 24.3 Å². The molecular formula is C17H18ClN3O2. The highest BCUT2D eigenvalue weighted by Crippen LogP contribution is 2.18. The molecule has 6 heteroatoms. The van der Waals surface area contributed by atoms with Crippen LogP contribution in [0, 0.1) is 0 Å². The Kier molecular flexibility index (Phi) is 5.71. The normalized spacial score (nSPS) is 10.4. The maximum absolute atomic E-state index is 11.9. The van der Waals surface area contributed by atoms with Gasteiger partial charge in [0, 0.05) is 16.9 Å². The predicted octanol–water partition coefficient (Wildman–Crippen LogP) is 3.23. The summed E-state index contributed by atoms with van der Waals surface area (Å²) in [4.78, 5) is 27.7. The van der Waals surface area contributed by atoms with E-state index in [9.17, 15) is 9.59 Å². The van der Waals surface area contributed by atoms with Crippen LogP contribution in [0.4, 0.5) is 5.69 Å². The minimum absolute atomic E-state index is 0.140. The molecule has 2 rings (SSSR count). The van der Waals surface area contributed by atoms with Crippen molar-refractivity contribution in [2.45, 2.75) is 19.8 Å². The summed E-state index contributed by atoms with van der Waals surface area (Å²) in [5, 5.41) is 5.68. The van der Waals surface area contributed by atoms with Crippen LogP contribution < -0.4 is 10.6 Å². The van der Waals surface area contributed by atoms with Gasteiger partial charge in [-0.2, -0.15) is 0 Å². The molecule has 0 fully saturated rings. The number of benzene rings is 1. The van der Waals surface area contributed by atoms with E-state index >= 15 is 0 Å². The van der Waals surface area contributed by atoms with E-state index < -0.39 is 5.91 Å². The van der Waals surface area contributed by atoms with Crippen LogP contribution in [0.15, 0.2) is 42.6 Å². The molecule has 0 radical (unpaired) electrons. The molecule has 5 nitrogen and oxygen atoms in total. The van der Waals surface area contributed by atoms with Gasteiger partial charge in [0.1, 0.15) is 5.69 Å². The Bertz CT molecular complexity index is 716. The van der Waals surface area contributed by atoms with Gasteiger partial charge < -0.3 is 10.6 Å². The lowest BCUT2D eigenvalue weighted by Gasteiger charge is -2.10. The Morgan fingerprint density at radius 1 is 1.22 bits per heavy atom. The van der Waals surface area contributed by atoms with Gasteiger partial charge in [0.25, 0.3) is 5.91 Å². The molecule has 0 aliphatic rings. The lowest BCUT2D eigenvalue weighted by atomic mass is 10.0. The van der Waals surface area contributed by atoms with E-state index in [4.69, 9.17) is 11.6 Å². The first-order chi connectivity index (χ1) is 11.0. The number of carbonyl (C=O) groups excluding carboxylic acids is 2. The molecule has 0 aliphatic heterocycles. The molecule has 1 heterocycles. The zero-order valence-corrected chi connectivity index (χ0v) is 13.7. The van der Waals surface area contributed by atoms with E-state index in [-0.39, 0.29) is 18.1 Å². The van der Waals surface area contributed by atoms with E-state index in [0.717, 1.165) is 5.56 Å². The average Bonchev–Trinajstić information content (AvgIpc) is 2.53. The van der Waals surface area contributed by atoms with Crippen molar-refractivity contribution in [3.8, 4) is 0 Å². The number of hydrogen-bond donors (Lipinski definition) is 2. The van der Waals surface area contributed by atoms with Crippen molar-refractivity contribution in [2.24, 2.45) is 0 Å². The number of amides is 2. The predicted molar refractivity (Wildman–Crippen MR) is 90.7 cm³/mol. The fraction of sp³-hybridized carbons (Fsp3) is 0.235. The number of rotatable bonds is 5. The second-order valence-corrected chi connectivity index (χ2v) is 5.81. The Hall–Kier alpha value is -2.40. The second kappa shape index (κ2) is 7.74. The van der Waals surface area contributed by atoms with Gasteiger partial charge in [0.15, 0.2) is 0 Å². The van der Waals surface area contributed by atoms with Gasteiger partial charge in [-0.05, 0) is 35.7 Å². The molecule has 0 unspecified atom stereocenters. The molecule has 2 aromatic rings. The van der Waals surface area contributed by atoms with Crippen LogP contribution in [0.5, 0.6) is 0 Å². The first-order valence-electron chi connectivity index (χ1n) is 7.25. The van der Waals surface area contributed by atoms with Crippen LogP contribution in [-0.4, -0.2) is 23.3 Å². The zero-order valence-electron chi connectivity index (χ0n) is 13.0. The smallest absolute Gasteiger partial charge is 0.270 e. The number of carbonyl (C=O) groups is 2. The molecule has 0 bridgehead atoms. The molecule has 0 aliphatic carbocycles. The second-order valence-electron chi connectivity index (χ2n) is 5.37. The monoisotopic (exact) mass is 331 g/mol. The number of halogens is 1. The standard InChI is InChI=1S/C17H18ClN3O2/c1-11(2)12-4-3-5-14(8-12)21-16(22)10-20-17(23)15-9-13(18)6-7-19-15/h3-9,11H,10H2,1-2H3,(H,20,23)(H,21,22). The molecule has 0 saturated heterocycles. The van der Waals surface area contributed by atoms with Gasteiger partial charge in [0.2, 0.25) is 5.91 Å². The van der Waals surface area contributed by atoms with Crippen LogP contribution in [0.3, 0.4) is 0 Å². The summed E-state index contributed by atoms with van der Waals surface area (Å²) in [7, 11) is 0. The summed E-state index contributed by atoms with van der Waals surface area (Å²) < 4.78 is 0. The molecule has 120 valence electrons. The summed E-state index contributed by atoms with van der Waals surface area (Å²) >= 11 is 5.80. The highest BCUT2D eigenvalue weighted by atomic mass is 35.5. The molecular weight excluding hydrogens is 314 g/mol. The molecule has 0 saturated carbocycles. The summed E-state index contributed by atoms with van der Waals surface area (Å²) in [6.45, 7) is 4.03. The highest BCUT2D eigenvalue weighted by molar-refractivity contribution is 6.30. The zero-order chi connectivity index (χ0) is 16.8. The summed E-state index contributed by atoms with van der Waals surface area (Å²) in [6, 6.07) is 10.6. The van der Waals surface area contributed by atoms with Gasteiger partial charge in [-0.1, -0.05) is 37.6 Å². The maximum Gasteiger partial charge on any atom is 0.270 e. The molecule has 0 spiro atoms. The third kappa shape index (κ3) is 5.07. The molecule has 23 heavy (non-hydrogen) atoms. The largest absolute Gasteiger partial charge is 0.342 e. The third-order valence-electron chi connectivity index (χ3n) is 3.20. The van der Waals surface area contributed by atoms with E-state index in [1.54, 1.807) is 6.07 Å². The van der Waals surface area contributed by atoms with Crippen LogP contribution in [-0.2, 0) is 4.79 Å². The van der Waals surface area contributed by atoms with Crippen LogP contribution in [0.1, 0.15) is 35.8 Å². The van der Waals surface area contributed by atoms with Crippen LogP contribution in [0.25, 0.3) is 0 Å². The SMILES string of the molecule is CC(C)c1cccc(NC(=O)CNC(=O)c2cc(Cl)ccn2)c1. The average molecular weight is 332 g/mol. The summed E-state index contributed by atoms with van der Waals surface area (Å²) in [5.74, 6) is -0.375. The molecule has 0 atom stereocenters. The Morgan fingerprint density at radius 2 is 2.00 bits per heavy atom. The number of nitrogens with one attached hydrogen (secondary N) is 2. The van der Waals surface area contributed by atoms with Crippen molar-refractivity contribution >= 4 is 29.1 Å². The number of aromatic nitrogens is 1. The Labute approximate surface area is 140 Å². The van der Waals surface area contributed by atoms with Crippen molar-refractivity contribution < 1.29 is 9.59 Å². The fourth-order valence-corrected chi connectivity index (χ4v) is 2.12. The summed E-state index contributed by atoms with van der Waals surface area (Å²) in [6.07, 6.45) is 1.44. The van der Waals surface area contributed by atoms with Crippen LogP contribution in [0.2, 0.25) is 5.02 Å².